The fourth-order valence-electron chi connectivity index (χ4n) is 1.93. The number of anilines is 1. The molecule has 0 spiro atoms. The molecular weight excluding hydrogens is 160 g/mol. The van der Waals surface area contributed by atoms with Crippen LogP contribution in [0.15, 0.2) is 18.2 Å². The number of nitrogens with two attached hydrogens (primary N) is 1. The fraction of sp³-hybridized carbons (Fsp3) is 0.455. The van der Waals surface area contributed by atoms with Crippen LogP contribution in [0.25, 0.3) is 0 Å². The van der Waals surface area contributed by atoms with Gasteiger partial charge < -0.3 is 10.6 Å². The molecule has 0 radical (unpaired) electrons. The van der Waals surface area contributed by atoms with Gasteiger partial charge in [-0.1, -0.05) is 12.1 Å². The van der Waals surface area contributed by atoms with Crippen LogP contribution in [0.1, 0.15) is 18.1 Å². The van der Waals surface area contributed by atoms with Gasteiger partial charge in [-0.15, -0.1) is 0 Å². The van der Waals surface area contributed by atoms with Crippen molar-refractivity contribution in [3.05, 3.63) is 29.3 Å². The van der Waals surface area contributed by atoms with Crippen LogP contribution < -0.4 is 10.6 Å². The van der Waals surface area contributed by atoms with Crippen molar-refractivity contribution >= 4 is 5.69 Å². The van der Waals surface area contributed by atoms with Gasteiger partial charge in [-0.2, -0.15) is 0 Å². The zero-order valence-electron chi connectivity index (χ0n) is 8.25. The SMILES string of the molecule is CC1Cc2ccc(CN)cc2N1C. The van der Waals surface area contributed by atoms with E-state index in [1.165, 1.54) is 16.8 Å². The van der Waals surface area contributed by atoms with Gasteiger partial charge in [-0.25, -0.2) is 0 Å². The van der Waals surface area contributed by atoms with E-state index in [0.717, 1.165) is 6.42 Å². The third kappa shape index (κ3) is 1.31. The van der Waals surface area contributed by atoms with Crippen LogP contribution in [-0.2, 0) is 13.0 Å². The first kappa shape index (κ1) is 8.57. The lowest BCUT2D eigenvalue weighted by atomic mass is 10.1. The molecule has 1 atom stereocenters. The highest BCUT2D eigenvalue weighted by molar-refractivity contribution is 5.60. The maximum atomic E-state index is 5.61. The van der Waals surface area contributed by atoms with Crippen molar-refractivity contribution in [3.8, 4) is 0 Å². The molecule has 1 unspecified atom stereocenters. The minimum absolute atomic E-state index is 0.628. The van der Waals surface area contributed by atoms with E-state index in [4.69, 9.17) is 5.73 Å². The first-order chi connectivity index (χ1) is 6.22. The van der Waals surface area contributed by atoms with Gasteiger partial charge in [-0.3, -0.25) is 0 Å². The molecule has 70 valence electrons. The van der Waals surface area contributed by atoms with Crippen molar-refractivity contribution in [2.75, 3.05) is 11.9 Å². The molecule has 0 aliphatic carbocycles. The van der Waals surface area contributed by atoms with Crippen LogP contribution in [-0.4, -0.2) is 13.1 Å². The smallest absolute Gasteiger partial charge is 0.0402 e. The highest BCUT2D eigenvalue weighted by Gasteiger charge is 2.22. The second-order valence-corrected chi connectivity index (χ2v) is 3.83. The lowest BCUT2D eigenvalue weighted by molar-refractivity contribution is 0.732. The van der Waals surface area contributed by atoms with Gasteiger partial charge >= 0.3 is 0 Å². The Hall–Kier alpha value is -1.02. The van der Waals surface area contributed by atoms with Gasteiger partial charge in [0.25, 0.3) is 0 Å². The number of hydrogen-bond donors (Lipinski definition) is 1. The number of fused-ring (bicyclic) bond motifs is 1. The summed E-state index contributed by atoms with van der Waals surface area (Å²) >= 11 is 0. The summed E-state index contributed by atoms with van der Waals surface area (Å²) in [4.78, 5) is 2.33. The Morgan fingerprint density at radius 1 is 1.54 bits per heavy atom. The van der Waals surface area contributed by atoms with Crippen molar-refractivity contribution in [1.29, 1.82) is 0 Å². The highest BCUT2D eigenvalue weighted by atomic mass is 15.1. The molecular formula is C11H16N2. The lowest BCUT2D eigenvalue weighted by Gasteiger charge is -2.18. The molecule has 1 aromatic carbocycles. The fourth-order valence-corrected chi connectivity index (χ4v) is 1.93. The topological polar surface area (TPSA) is 29.3 Å². The summed E-state index contributed by atoms with van der Waals surface area (Å²) in [6, 6.07) is 7.17. The number of rotatable bonds is 1. The Labute approximate surface area is 79.4 Å². The van der Waals surface area contributed by atoms with Crippen LogP contribution in [0.2, 0.25) is 0 Å². The van der Waals surface area contributed by atoms with E-state index in [1.54, 1.807) is 0 Å². The summed E-state index contributed by atoms with van der Waals surface area (Å²) in [5, 5.41) is 0. The van der Waals surface area contributed by atoms with Crippen LogP contribution in [0.5, 0.6) is 0 Å². The minimum atomic E-state index is 0.628. The molecule has 1 aliphatic rings. The van der Waals surface area contributed by atoms with Crippen LogP contribution >= 0.6 is 0 Å². The van der Waals surface area contributed by atoms with E-state index in [0.29, 0.717) is 12.6 Å². The number of nitrogens with zero attached hydrogens (tertiary/aromatic N) is 1. The molecule has 2 nitrogen and oxygen atoms in total. The van der Waals surface area contributed by atoms with E-state index >= 15 is 0 Å². The molecule has 1 aliphatic heterocycles. The quantitative estimate of drug-likeness (QED) is 0.703. The van der Waals surface area contributed by atoms with Crippen LogP contribution in [0.4, 0.5) is 5.69 Å². The first-order valence-electron chi connectivity index (χ1n) is 4.77. The largest absolute Gasteiger partial charge is 0.371 e. The van der Waals surface area contributed by atoms with Crippen LogP contribution in [0, 0.1) is 0 Å². The summed E-state index contributed by atoms with van der Waals surface area (Å²) in [5.41, 5.74) is 9.64. The third-order valence-electron chi connectivity index (χ3n) is 2.94. The van der Waals surface area contributed by atoms with E-state index in [2.05, 4.69) is 37.1 Å². The first-order valence-corrected chi connectivity index (χ1v) is 4.77. The Bertz CT molecular complexity index is 320. The van der Waals surface area contributed by atoms with Gasteiger partial charge in [0, 0.05) is 25.3 Å². The Balaban J connectivity index is 2.42. The van der Waals surface area contributed by atoms with Gasteiger partial charge in [0.05, 0.1) is 0 Å². The Morgan fingerprint density at radius 3 is 3.00 bits per heavy atom. The molecule has 1 aromatic rings. The summed E-state index contributed by atoms with van der Waals surface area (Å²) in [6.45, 7) is 2.89. The molecule has 0 amide bonds. The van der Waals surface area contributed by atoms with Crippen molar-refractivity contribution < 1.29 is 0 Å². The standard InChI is InChI=1S/C11H16N2/c1-8-5-10-4-3-9(7-12)6-11(10)13(8)2/h3-4,6,8H,5,7,12H2,1-2H3. The van der Waals surface area contributed by atoms with Gasteiger partial charge in [-0.05, 0) is 30.5 Å². The van der Waals surface area contributed by atoms with E-state index in [9.17, 15) is 0 Å². The zero-order valence-corrected chi connectivity index (χ0v) is 8.25. The Morgan fingerprint density at radius 2 is 2.31 bits per heavy atom. The lowest BCUT2D eigenvalue weighted by Crippen LogP contribution is -2.23. The van der Waals surface area contributed by atoms with E-state index in [1.807, 2.05) is 0 Å². The summed E-state index contributed by atoms with van der Waals surface area (Å²) in [6.07, 6.45) is 1.16. The minimum Gasteiger partial charge on any atom is -0.371 e. The van der Waals surface area contributed by atoms with Crippen molar-refractivity contribution in [2.24, 2.45) is 5.73 Å². The second kappa shape index (κ2) is 3.04. The Kier molecular flexibility index (Phi) is 2.00. The van der Waals surface area contributed by atoms with Crippen molar-refractivity contribution in [2.45, 2.75) is 25.9 Å². The normalized spacial score (nSPS) is 20.5. The second-order valence-electron chi connectivity index (χ2n) is 3.83. The monoisotopic (exact) mass is 176 g/mol. The predicted molar refractivity (Wildman–Crippen MR) is 55.9 cm³/mol. The molecule has 0 bridgehead atoms. The van der Waals surface area contributed by atoms with Gasteiger partial charge in [0.1, 0.15) is 0 Å². The number of benzene rings is 1. The van der Waals surface area contributed by atoms with Gasteiger partial charge in [0.2, 0.25) is 0 Å². The van der Waals surface area contributed by atoms with Crippen molar-refractivity contribution in [1.82, 2.24) is 0 Å². The predicted octanol–water partition coefficient (Wildman–Crippen LogP) is 1.53. The molecule has 0 saturated carbocycles. The molecule has 2 N–H and O–H groups in total. The zero-order chi connectivity index (χ0) is 9.42. The summed E-state index contributed by atoms with van der Waals surface area (Å²) < 4.78 is 0. The number of hydrogen-bond acceptors (Lipinski definition) is 2. The highest BCUT2D eigenvalue weighted by Crippen LogP contribution is 2.31. The molecule has 0 fully saturated rings. The molecule has 2 rings (SSSR count). The number of likely N-dealkylation sites (N-methyl/N-ethyl adjacent to an activating group) is 1. The maximum absolute atomic E-state index is 5.61. The van der Waals surface area contributed by atoms with E-state index < -0.39 is 0 Å². The van der Waals surface area contributed by atoms with Crippen molar-refractivity contribution in [3.63, 3.8) is 0 Å². The van der Waals surface area contributed by atoms with Gasteiger partial charge in [0.15, 0.2) is 0 Å². The molecule has 1 heterocycles. The average molecular weight is 176 g/mol. The molecule has 0 saturated heterocycles. The summed E-state index contributed by atoms with van der Waals surface area (Å²) in [7, 11) is 2.15. The summed E-state index contributed by atoms with van der Waals surface area (Å²) in [5.74, 6) is 0. The molecule has 2 heteroatoms. The molecule has 13 heavy (non-hydrogen) atoms. The average Bonchev–Trinajstić information content (AvgIpc) is 2.43. The molecule has 0 aromatic heterocycles. The van der Waals surface area contributed by atoms with Crippen LogP contribution in [0.3, 0.4) is 0 Å². The maximum Gasteiger partial charge on any atom is 0.0402 e. The third-order valence-corrected chi connectivity index (χ3v) is 2.94. The van der Waals surface area contributed by atoms with E-state index in [-0.39, 0.29) is 0 Å².